The lowest BCUT2D eigenvalue weighted by Crippen LogP contribution is -2.39. The lowest BCUT2D eigenvalue weighted by Gasteiger charge is -2.34. The number of carbonyl (C=O) groups excluding carboxylic acids is 1. The molecular formula is C19H28FN3O2. The van der Waals surface area contributed by atoms with Gasteiger partial charge in [0.15, 0.2) is 0 Å². The van der Waals surface area contributed by atoms with Gasteiger partial charge in [0.05, 0.1) is 12.6 Å². The van der Waals surface area contributed by atoms with E-state index in [2.05, 4.69) is 10.2 Å². The van der Waals surface area contributed by atoms with Crippen LogP contribution in [0, 0.1) is 5.82 Å². The van der Waals surface area contributed by atoms with Gasteiger partial charge in [0, 0.05) is 37.9 Å². The van der Waals surface area contributed by atoms with Crippen LogP contribution in [0.15, 0.2) is 18.2 Å². The van der Waals surface area contributed by atoms with Crippen LogP contribution in [-0.2, 0) is 4.79 Å². The van der Waals surface area contributed by atoms with Gasteiger partial charge in [-0.1, -0.05) is 0 Å². The van der Waals surface area contributed by atoms with Crippen molar-refractivity contribution in [3.05, 3.63) is 29.6 Å². The van der Waals surface area contributed by atoms with Gasteiger partial charge in [-0.05, 0) is 56.4 Å². The topological polar surface area (TPSA) is 55.8 Å². The zero-order valence-electron chi connectivity index (χ0n) is 15.0. The Balaban J connectivity index is 1.67. The van der Waals surface area contributed by atoms with E-state index < -0.39 is 0 Å². The van der Waals surface area contributed by atoms with Crippen molar-refractivity contribution in [2.45, 2.75) is 50.8 Å². The number of carbonyl (C=O) groups is 1. The lowest BCUT2D eigenvalue weighted by molar-refractivity contribution is -0.129. The van der Waals surface area contributed by atoms with E-state index in [-0.39, 0.29) is 30.4 Å². The van der Waals surface area contributed by atoms with E-state index in [0.29, 0.717) is 6.04 Å². The highest BCUT2D eigenvalue weighted by atomic mass is 19.1. The summed E-state index contributed by atoms with van der Waals surface area (Å²) in [5, 5.41) is 12.9. The van der Waals surface area contributed by atoms with Crippen molar-refractivity contribution in [1.29, 1.82) is 0 Å². The molecule has 1 saturated heterocycles. The number of aliphatic hydroxyl groups excluding tert-OH is 1. The predicted molar refractivity (Wildman–Crippen MR) is 96.1 cm³/mol. The minimum Gasteiger partial charge on any atom is -0.393 e. The fourth-order valence-corrected chi connectivity index (χ4v) is 3.41. The summed E-state index contributed by atoms with van der Waals surface area (Å²) >= 11 is 0. The Morgan fingerprint density at radius 3 is 2.68 bits per heavy atom. The van der Waals surface area contributed by atoms with Gasteiger partial charge in [-0.15, -0.1) is 0 Å². The van der Waals surface area contributed by atoms with Crippen LogP contribution >= 0.6 is 0 Å². The molecule has 1 amide bonds. The normalized spacial score (nSPS) is 19.8. The van der Waals surface area contributed by atoms with Gasteiger partial charge >= 0.3 is 0 Å². The average Bonchev–Trinajstić information content (AvgIpc) is 3.44. The largest absolute Gasteiger partial charge is 0.393 e. The third-order valence-electron chi connectivity index (χ3n) is 5.31. The van der Waals surface area contributed by atoms with E-state index in [4.69, 9.17) is 0 Å². The smallest absolute Gasteiger partial charge is 0.236 e. The number of likely N-dealkylation sites (N-methyl/N-ethyl adjacent to an activating group) is 1. The highest BCUT2D eigenvalue weighted by molar-refractivity contribution is 5.78. The monoisotopic (exact) mass is 349 g/mol. The summed E-state index contributed by atoms with van der Waals surface area (Å²) in [7, 11) is 1.85. The summed E-state index contributed by atoms with van der Waals surface area (Å²) in [5.74, 6) is -0.195. The Labute approximate surface area is 148 Å². The first-order valence-corrected chi connectivity index (χ1v) is 9.17. The van der Waals surface area contributed by atoms with Crippen LogP contribution in [-0.4, -0.2) is 54.7 Å². The van der Waals surface area contributed by atoms with Gasteiger partial charge in [0.2, 0.25) is 5.91 Å². The number of nitrogens with zero attached hydrogens (tertiary/aromatic N) is 2. The molecule has 1 aliphatic carbocycles. The van der Waals surface area contributed by atoms with Crippen molar-refractivity contribution in [1.82, 2.24) is 10.2 Å². The molecule has 1 atom stereocenters. The Morgan fingerprint density at radius 1 is 1.36 bits per heavy atom. The molecule has 1 aromatic carbocycles. The van der Waals surface area contributed by atoms with E-state index in [1.54, 1.807) is 17.0 Å². The van der Waals surface area contributed by atoms with Crippen molar-refractivity contribution >= 4 is 11.6 Å². The second-order valence-electron chi connectivity index (χ2n) is 7.26. The van der Waals surface area contributed by atoms with Crippen LogP contribution in [0.4, 0.5) is 10.1 Å². The Bertz CT molecular complexity index is 613. The minimum absolute atomic E-state index is 0.0772. The van der Waals surface area contributed by atoms with E-state index in [1.165, 1.54) is 6.07 Å². The van der Waals surface area contributed by atoms with Gasteiger partial charge in [-0.25, -0.2) is 4.39 Å². The Morgan fingerprint density at radius 2 is 2.04 bits per heavy atom. The quantitative estimate of drug-likeness (QED) is 0.825. The number of anilines is 1. The molecule has 0 bridgehead atoms. The van der Waals surface area contributed by atoms with Crippen LogP contribution in [0.25, 0.3) is 0 Å². The summed E-state index contributed by atoms with van der Waals surface area (Å²) in [6.45, 7) is 3.73. The van der Waals surface area contributed by atoms with E-state index in [0.717, 1.165) is 50.0 Å². The molecule has 1 aromatic rings. The second-order valence-corrected chi connectivity index (χ2v) is 7.26. The molecule has 1 heterocycles. The van der Waals surface area contributed by atoms with Crippen molar-refractivity contribution in [3.63, 3.8) is 0 Å². The third kappa shape index (κ3) is 4.50. The molecule has 138 valence electrons. The number of hydrogen-bond donors (Lipinski definition) is 2. The number of hydrogen-bond acceptors (Lipinski definition) is 4. The molecule has 1 aliphatic heterocycles. The van der Waals surface area contributed by atoms with Gasteiger partial charge in [0.1, 0.15) is 5.82 Å². The highest BCUT2D eigenvalue weighted by Crippen LogP contribution is 2.30. The van der Waals surface area contributed by atoms with Crippen molar-refractivity contribution in [2.24, 2.45) is 0 Å². The van der Waals surface area contributed by atoms with Crippen LogP contribution in [0.3, 0.4) is 0 Å². The molecule has 2 aliphatic rings. The molecule has 0 spiro atoms. The first kappa shape index (κ1) is 18.1. The molecule has 3 rings (SSSR count). The summed E-state index contributed by atoms with van der Waals surface area (Å²) in [4.78, 5) is 16.2. The van der Waals surface area contributed by atoms with Crippen molar-refractivity contribution in [3.8, 4) is 0 Å². The van der Waals surface area contributed by atoms with Crippen LogP contribution in [0.2, 0.25) is 0 Å². The molecule has 5 nitrogen and oxygen atoms in total. The summed E-state index contributed by atoms with van der Waals surface area (Å²) in [6.07, 6.45) is 3.39. The Kier molecular flexibility index (Phi) is 5.59. The predicted octanol–water partition coefficient (Wildman–Crippen LogP) is 2.06. The maximum absolute atomic E-state index is 13.8. The third-order valence-corrected chi connectivity index (χ3v) is 5.31. The summed E-state index contributed by atoms with van der Waals surface area (Å²) in [6, 6.07) is 5.09. The fourth-order valence-electron chi connectivity index (χ4n) is 3.41. The van der Waals surface area contributed by atoms with Gasteiger partial charge < -0.3 is 20.2 Å². The molecule has 6 heteroatoms. The Hall–Kier alpha value is -1.66. The maximum atomic E-state index is 13.8. The number of benzene rings is 1. The molecule has 1 saturated carbocycles. The van der Waals surface area contributed by atoms with E-state index in [9.17, 15) is 14.3 Å². The van der Waals surface area contributed by atoms with Gasteiger partial charge in [0.25, 0.3) is 0 Å². The second kappa shape index (κ2) is 7.70. The van der Waals surface area contributed by atoms with Crippen molar-refractivity contribution in [2.75, 3.05) is 31.6 Å². The molecule has 1 unspecified atom stereocenters. The zero-order valence-corrected chi connectivity index (χ0v) is 15.0. The molecule has 0 aromatic heterocycles. The van der Waals surface area contributed by atoms with Crippen LogP contribution < -0.4 is 10.2 Å². The first-order valence-electron chi connectivity index (χ1n) is 9.17. The standard InChI is InChI=1S/C19H28FN3O2/c1-13(21-12-19(25)22(2)15-4-5-15)17-11-14(20)3-6-18(17)23-9-7-16(24)8-10-23/h3,6,11,13,15-16,21,24H,4-5,7-10,12H2,1-2H3. The highest BCUT2D eigenvalue weighted by Gasteiger charge is 2.29. The van der Waals surface area contributed by atoms with Gasteiger partial charge in [-0.3, -0.25) is 4.79 Å². The maximum Gasteiger partial charge on any atom is 0.236 e. The molecule has 0 radical (unpaired) electrons. The van der Waals surface area contributed by atoms with Crippen LogP contribution in [0.5, 0.6) is 0 Å². The summed E-state index contributed by atoms with van der Waals surface area (Å²) < 4.78 is 13.8. The number of aliphatic hydroxyl groups is 1. The first-order chi connectivity index (χ1) is 12.0. The molecule has 2 fully saturated rings. The zero-order chi connectivity index (χ0) is 18.0. The lowest BCUT2D eigenvalue weighted by atomic mass is 10.0. The minimum atomic E-state index is -0.272. The fraction of sp³-hybridized carbons (Fsp3) is 0.632. The number of halogens is 1. The SMILES string of the molecule is CC(NCC(=O)N(C)C1CC1)c1cc(F)ccc1N1CCC(O)CC1. The van der Waals surface area contributed by atoms with E-state index >= 15 is 0 Å². The summed E-state index contributed by atoms with van der Waals surface area (Å²) in [5.41, 5.74) is 1.84. The van der Waals surface area contributed by atoms with E-state index in [1.807, 2.05) is 14.0 Å². The van der Waals surface area contributed by atoms with Crippen molar-refractivity contribution < 1.29 is 14.3 Å². The number of amides is 1. The molecular weight excluding hydrogens is 321 g/mol. The number of rotatable bonds is 6. The number of piperidine rings is 1. The van der Waals surface area contributed by atoms with Crippen LogP contribution in [0.1, 0.15) is 44.2 Å². The average molecular weight is 349 g/mol. The molecule has 2 N–H and O–H groups in total. The molecule has 25 heavy (non-hydrogen) atoms. The van der Waals surface area contributed by atoms with Gasteiger partial charge in [-0.2, -0.15) is 0 Å². The number of nitrogens with one attached hydrogen (secondary N) is 1.